The molecule has 7 heteroatoms. The molecule has 0 fully saturated rings. The number of carbonyl (C=O) groups is 2. The van der Waals surface area contributed by atoms with E-state index < -0.39 is 5.92 Å². The number of allylic oxidation sites excluding steroid dienone is 3. The van der Waals surface area contributed by atoms with Gasteiger partial charge in [-0.2, -0.15) is 5.26 Å². The van der Waals surface area contributed by atoms with Crippen LogP contribution in [0.3, 0.4) is 0 Å². The molecule has 4 rings (SSSR count). The van der Waals surface area contributed by atoms with Crippen LogP contribution in [0.2, 0.25) is 0 Å². The van der Waals surface area contributed by atoms with Crippen LogP contribution in [0.25, 0.3) is 0 Å². The van der Waals surface area contributed by atoms with Crippen LogP contribution in [0.1, 0.15) is 36.3 Å². The Morgan fingerprint density at radius 3 is 2.59 bits per heavy atom. The van der Waals surface area contributed by atoms with Gasteiger partial charge in [-0.3, -0.25) is 9.59 Å². The number of ketones is 1. The molecule has 1 aliphatic heterocycles. The zero-order valence-electron chi connectivity index (χ0n) is 17.6. The Bertz CT molecular complexity index is 1160. The quantitative estimate of drug-likeness (QED) is 0.679. The standard InChI is InChI=1S/C25H22FN3O2S/c1-15-5-7-16(8-6-15)23-19(13-27)25(29-20-3-2-4-21(30)24(20)23)32-14-22(31)28-18-11-9-17(26)10-12-18/h5-12,23,29H,2-4,14H2,1H3,(H,28,31)/t23-/m0/s1. The molecular weight excluding hydrogens is 425 g/mol. The van der Waals surface area contributed by atoms with Gasteiger partial charge in [-0.05, 0) is 49.6 Å². The van der Waals surface area contributed by atoms with Crippen molar-refractivity contribution in [2.45, 2.75) is 32.1 Å². The molecule has 2 aromatic rings. The molecule has 1 amide bonds. The second-order valence-electron chi connectivity index (χ2n) is 7.84. The third-order valence-corrected chi connectivity index (χ3v) is 6.57. The molecule has 5 nitrogen and oxygen atoms in total. The maximum atomic E-state index is 13.1. The van der Waals surface area contributed by atoms with Gasteiger partial charge in [0.15, 0.2) is 5.78 Å². The van der Waals surface area contributed by atoms with E-state index in [4.69, 9.17) is 0 Å². The zero-order valence-corrected chi connectivity index (χ0v) is 18.4. The van der Waals surface area contributed by atoms with Gasteiger partial charge in [0.05, 0.1) is 28.3 Å². The van der Waals surface area contributed by atoms with E-state index in [9.17, 15) is 19.2 Å². The number of thioether (sulfide) groups is 1. The van der Waals surface area contributed by atoms with Crippen LogP contribution in [0, 0.1) is 24.1 Å². The highest BCUT2D eigenvalue weighted by Crippen LogP contribution is 2.44. The Balaban J connectivity index is 1.60. The summed E-state index contributed by atoms with van der Waals surface area (Å²) in [6.07, 6.45) is 1.97. The second-order valence-corrected chi connectivity index (χ2v) is 8.82. The highest BCUT2D eigenvalue weighted by molar-refractivity contribution is 8.03. The van der Waals surface area contributed by atoms with Crippen molar-refractivity contribution >= 4 is 29.1 Å². The fourth-order valence-electron chi connectivity index (χ4n) is 4.00. The molecule has 0 saturated carbocycles. The highest BCUT2D eigenvalue weighted by atomic mass is 32.2. The first-order valence-corrected chi connectivity index (χ1v) is 11.4. The largest absolute Gasteiger partial charge is 0.352 e. The van der Waals surface area contributed by atoms with Crippen LogP contribution >= 0.6 is 11.8 Å². The van der Waals surface area contributed by atoms with E-state index in [1.54, 1.807) is 0 Å². The van der Waals surface area contributed by atoms with Gasteiger partial charge in [0.1, 0.15) is 5.82 Å². The van der Waals surface area contributed by atoms with E-state index in [2.05, 4.69) is 16.7 Å². The van der Waals surface area contributed by atoms with E-state index in [-0.39, 0.29) is 23.3 Å². The minimum Gasteiger partial charge on any atom is -0.352 e. The van der Waals surface area contributed by atoms with Gasteiger partial charge in [0, 0.05) is 23.4 Å². The van der Waals surface area contributed by atoms with Gasteiger partial charge in [-0.25, -0.2) is 4.39 Å². The first-order chi connectivity index (χ1) is 15.5. The predicted molar refractivity (Wildman–Crippen MR) is 123 cm³/mol. The van der Waals surface area contributed by atoms with Gasteiger partial charge < -0.3 is 10.6 Å². The molecule has 2 N–H and O–H groups in total. The average Bonchev–Trinajstić information content (AvgIpc) is 2.79. The Labute approximate surface area is 190 Å². The fraction of sp³-hybridized carbons (Fsp3) is 0.240. The van der Waals surface area contributed by atoms with Crippen LogP contribution in [-0.4, -0.2) is 17.4 Å². The van der Waals surface area contributed by atoms with Crippen LogP contribution in [-0.2, 0) is 9.59 Å². The van der Waals surface area contributed by atoms with Crippen LogP contribution < -0.4 is 10.6 Å². The van der Waals surface area contributed by atoms with Crippen molar-refractivity contribution in [3.63, 3.8) is 0 Å². The van der Waals surface area contributed by atoms with Crippen molar-refractivity contribution in [1.29, 1.82) is 5.26 Å². The monoisotopic (exact) mass is 447 g/mol. The number of dihydropyridines is 1. The molecule has 2 aromatic carbocycles. The summed E-state index contributed by atoms with van der Waals surface area (Å²) < 4.78 is 13.1. The third-order valence-electron chi connectivity index (χ3n) is 5.55. The minimum atomic E-state index is -0.438. The number of anilines is 1. The number of aryl methyl sites for hydroxylation is 1. The molecule has 0 saturated heterocycles. The summed E-state index contributed by atoms with van der Waals surface area (Å²) in [6.45, 7) is 1.99. The second kappa shape index (κ2) is 9.41. The molecule has 1 heterocycles. The van der Waals surface area contributed by atoms with Crippen LogP contribution in [0.5, 0.6) is 0 Å². The van der Waals surface area contributed by atoms with Gasteiger partial charge in [0.25, 0.3) is 0 Å². The number of rotatable bonds is 5. The minimum absolute atomic E-state index is 0.0650. The van der Waals surface area contributed by atoms with Crippen molar-refractivity contribution in [3.8, 4) is 6.07 Å². The molecule has 0 aromatic heterocycles. The lowest BCUT2D eigenvalue weighted by atomic mass is 9.77. The molecule has 0 bridgehead atoms. The summed E-state index contributed by atoms with van der Waals surface area (Å²) in [5.41, 5.74) is 4.45. The van der Waals surface area contributed by atoms with Gasteiger partial charge in [-0.15, -0.1) is 0 Å². The smallest absolute Gasteiger partial charge is 0.234 e. The van der Waals surface area contributed by atoms with Crippen LogP contribution in [0.15, 0.2) is 70.4 Å². The summed E-state index contributed by atoms with van der Waals surface area (Å²) in [5, 5.41) is 16.6. The molecule has 32 heavy (non-hydrogen) atoms. The van der Waals surface area contributed by atoms with Gasteiger partial charge in [-0.1, -0.05) is 41.6 Å². The summed E-state index contributed by atoms with van der Waals surface area (Å²) >= 11 is 1.23. The molecular formula is C25H22FN3O2S. The topological polar surface area (TPSA) is 82.0 Å². The highest BCUT2D eigenvalue weighted by Gasteiger charge is 2.37. The summed E-state index contributed by atoms with van der Waals surface area (Å²) in [4.78, 5) is 25.2. The van der Waals surface area contributed by atoms with Gasteiger partial charge in [0.2, 0.25) is 5.91 Å². The van der Waals surface area contributed by atoms with Crippen molar-refractivity contribution in [3.05, 3.63) is 87.3 Å². The maximum absolute atomic E-state index is 13.1. The average molecular weight is 448 g/mol. The fourth-order valence-corrected chi connectivity index (χ4v) is 4.86. The summed E-state index contributed by atoms with van der Waals surface area (Å²) in [5.74, 6) is -0.940. The first kappa shape index (κ1) is 21.8. The normalized spacial score (nSPS) is 18.0. The summed E-state index contributed by atoms with van der Waals surface area (Å²) in [7, 11) is 0. The lowest BCUT2D eigenvalue weighted by Gasteiger charge is -2.33. The number of benzene rings is 2. The van der Waals surface area contributed by atoms with Crippen LogP contribution in [0.4, 0.5) is 10.1 Å². The SMILES string of the molecule is Cc1ccc([C@H]2C(C#N)=C(SCC(=O)Nc3ccc(F)cc3)NC3=C2C(=O)CCC3)cc1. The molecule has 0 unspecified atom stereocenters. The Morgan fingerprint density at radius 2 is 1.91 bits per heavy atom. The van der Waals surface area contributed by atoms with E-state index in [1.165, 1.54) is 36.0 Å². The number of hydrogen-bond donors (Lipinski definition) is 2. The number of hydrogen-bond acceptors (Lipinski definition) is 5. The number of amides is 1. The molecule has 0 spiro atoms. The molecule has 1 aliphatic carbocycles. The lowest BCUT2D eigenvalue weighted by molar-refractivity contribution is -0.116. The third kappa shape index (κ3) is 4.61. The molecule has 162 valence electrons. The lowest BCUT2D eigenvalue weighted by Crippen LogP contribution is -2.31. The molecule has 2 aliphatic rings. The number of carbonyl (C=O) groups excluding carboxylic acids is 2. The van der Waals surface area contributed by atoms with E-state index in [0.717, 1.165) is 29.7 Å². The van der Waals surface area contributed by atoms with E-state index >= 15 is 0 Å². The Morgan fingerprint density at radius 1 is 1.19 bits per heavy atom. The molecule has 0 radical (unpaired) electrons. The van der Waals surface area contributed by atoms with Crippen molar-refractivity contribution in [2.75, 3.05) is 11.1 Å². The number of Topliss-reactive ketones (excluding diaryl/α,β-unsaturated/α-hetero) is 1. The number of nitrogens with zero attached hydrogens (tertiary/aromatic N) is 1. The zero-order chi connectivity index (χ0) is 22.7. The Kier molecular flexibility index (Phi) is 6.42. The maximum Gasteiger partial charge on any atom is 0.234 e. The number of halogens is 1. The van der Waals surface area contributed by atoms with Crippen molar-refractivity contribution in [2.24, 2.45) is 0 Å². The summed E-state index contributed by atoms with van der Waals surface area (Å²) in [6, 6.07) is 15.7. The van der Waals surface area contributed by atoms with Crippen molar-refractivity contribution in [1.82, 2.24) is 5.32 Å². The number of nitrogens with one attached hydrogen (secondary N) is 2. The van der Waals surface area contributed by atoms with Gasteiger partial charge >= 0.3 is 0 Å². The van der Waals surface area contributed by atoms with E-state index in [0.29, 0.717) is 28.3 Å². The molecule has 1 atom stereocenters. The van der Waals surface area contributed by atoms with E-state index in [1.807, 2.05) is 31.2 Å². The van der Waals surface area contributed by atoms with Crippen molar-refractivity contribution < 1.29 is 14.0 Å². The number of nitriles is 1. The predicted octanol–water partition coefficient (Wildman–Crippen LogP) is 4.94. The first-order valence-electron chi connectivity index (χ1n) is 10.4. The Hall–Kier alpha value is -3.37.